The monoisotopic (exact) mass is 474 g/mol. The van der Waals surface area contributed by atoms with E-state index in [1.807, 2.05) is 0 Å². The van der Waals surface area contributed by atoms with Crippen LogP contribution in [0.4, 0.5) is 34.1 Å². The molecule has 1 aliphatic rings. The van der Waals surface area contributed by atoms with Crippen molar-refractivity contribution in [3.63, 3.8) is 0 Å². The van der Waals surface area contributed by atoms with E-state index in [4.69, 9.17) is 0 Å². The van der Waals surface area contributed by atoms with Crippen molar-refractivity contribution < 1.29 is 0 Å². The number of rotatable bonds is 8. The SMILES string of the molecule is CCCCc1ccc(N2c3ccc(C)cc3N(c3ccc(CCCC)cc3)c3cc(C)ccc32)cc1. The van der Waals surface area contributed by atoms with Gasteiger partial charge in [0.2, 0.25) is 0 Å². The summed E-state index contributed by atoms with van der Waals surface area (Å²) in [6, 6.07) is 32.0. The molecule has 2 heteroatoms. The van der Waals surface area contributed by atoms with Crippen LogP contribution in [0.1, 0.15) is 61.8 Å². The van der Waals surface area contributed by atoms with E-state index in [-0.39, 0.29) is 0 Å². The van der Waals surface area contributed by atoms with Crippen LogP contribution in [0.5, 0.6) is 0 Å². The van der Waals surface area contributed by atoms with E-state index < -0.39 is 0 Å². The summed E-state index contributed by atoms with van der Waals surface area (Å²) in [7, 11) is 0. The van der Waals surface area contributed by atoms with E-state index in [0.29, 0.717) is 0 Å². The fraction of sp³-hybridized carbons (Fsp3) is 0.294. The van der Waals surface area contributed by atoms with E-state index in [1.165, 1.54) is 82.1 Å². The number of fused-ring (bicyclic) bond motifs is 2. The molecule has 2 nitrogen and oxygen atoms in total. The average Bonchev–Trinajstić information content (AvgIpc) is 2.90. The van der Waals surface area contributed by atoms with E-state index in [9.17, 15) is 0 Å². The summed E-state index contributed by atoms with van der Waals surface area (Å²) in [5.74, 6) is 0. The first-order valence-corrected chi connectivity index (χ1v) is 13.6. The number of aryl methyl sites for hydroxylation is 4. The molecule has 0 bridgehead atoms. The van der Waals surface area contributed by atoms with Crippen LogP contribution in [0.25, 0.3) is 0 Å². The first-order valence-electron chi connectivity index (χ1n) is 13.6. The van der Waals surface area contributed by atoms with Crippen LogP contribution >= 0.6 is 0 Å². The third-order valence-electron chi connectivity index (χ3n) is 7.25. The zero-order chi connectivity index (χ0) is 25.1. The molecule has 4 aromatic rings. The number of benzene rings is 4. The Morgan fingerprint density at radius 1 is 0.472 bits per heavy atom. The molecule has 0 fully saturated rings. The largest absolute Gasteiger partial charge is 0.306 e. The van der Waals surface area contributed by atoms with E-state index in [2.05, 4.69) is 122 Å². The summed E-state index contributed by atoms with van der Waals surface area (Å²) in [5.41, 5.74) is 12.7. The number of nitrogens with zero attached hydrogens (tertiary/aromatic N) is 2. The van der Waals surface area contributed by atoms with Crippen LogP contribution < -0.4 is 9.80 Å². The number of hydrogen-bond donors (Lipinski definition) is 0. The second-order valence-electron chi connectivity index (χ2n) is 10.2. The quantitative estimate of drug-likeness (QED) is 0.221. The Morgan fingerprint density at radius 2 is 0.861 bits per heavy atom. The van der Waals surface area contributed by atoms with Crippen molar-refractivity contribution >= 4 is 34.1 Å². The van der Waals surface area contributed by atoms with Gasteiger partial charge in [-0.3, -0.25) is 0 Å². The average molecular weight is 475 g/mol. The van der Waals surface area contributed by atoms with Crippen LogP contribution in [0, 0.1) is 13.8 Å². The Labute approximate surface area is 217 Å². The van der Waals surface area contributed by atoms with Crippen LogP contribution in [0.15, 0.2) is 84.9 Å². The lowest BCUT2D eigenvalue weighted by Crippen LogP contribution is -2.24. The van der Waals surface area contributed by atoms with Gasteiger partial charge < -0.3 is 9.80 Å². The van der Waals surface area contributed by atoms with Gasteiger partial charge in [-0.25, -0.2) is 0 Å². The van der Waals surface area contributed by atoms with Gasteiger partial charge in [-0.15, -0.1) is 0 Å². The van der Waals surface area contributed by atoms with E-state index in [0.717, 1.165) is 12.8 Å². The Balaban J connectivity index is 1.63. The lowest BCUT2D eigenvalue weighted by atomic mass is 10.0. The van der Waals surface area contributed by atoms with Crippen molar-refractivity contribution in [1.82, 2.24) is 0 Å². The molecule has 0 radical (unpaired) electrons. The molecule has 0 amide bonds. The smallest absolute Gasteiger partial charge is 0.0705 e. The second kappa shape index (κ2) is 10.6. The Kier molecular flexibility index (Phi) is 7.13. The third-order valence-corrected chi connectivity index (χ3v) is 7.25. The first-order chi connectivity index (χ1) is 17.6. The van der Waals surface area contributed by atoms with Gasteiger partial charge in [-0.1, -0.05) is 63.1 Å². The lowest BCUT2D eigenvalue weighted by Gasteiger charge is -2.40. The molecule has 4 aromatic carbocycles. The topological polar surface area (TPSA) is 6.48 Å². The van der Waals surface area contributed by atoms with Gasteiger partial charge in [0.25, 0.3) is 0 Å². The van der Waals surface area contributed by atoms with Crippen molar-refractivity contribution in [1.29, 1.82) is 0 Å². The summed E-state index contributed by atoms with van der Waals surface area (Å²) in [4.78, 5) is 4.87. The molecular weight excluding hydrogens is 436 g/mol. The molecule has 1 heterocycles. The summed E-state index contributed by atoms with van der Waals surface area (Å²) < 4.78 is 0. The predicted octanol–water partition coefficient (Wildman–Crippen LogP) is 10.2. The van der Waals surface area contributed by atoms with Crippen molar-refractivity contribution in [3.8, 4) is 0 Å². The maximum atomic E-state index is 2.44. The molecule has 1 aliphatic heterocycles. The maximum Gasteiger partial charge on any atom is 0.0705 e. The minimum Gasteiger partial charge on any atom is -0.306 e. The van der Waals surface area contributed by atoms with Crippen LogP contribution in [0.3, 0.4) is 0 Å². The number of hydrogen-bond acceptors (Lipinski definition) is 2. The minimum atomic E-state index is 1.14. The molecule has 0 atom stereocenters. The molecule has 5 rings (SSSR count). The highest BCUT2D eigenvalue weighted by Gasteiger charge is 2.30. The van der Waals surface area contributed by atoms with E-state index >= 15 is 0 Å². The summed E-state index contributed by atoms with van der Waals surface area (Å²) in [6.07, 6.45) is 7.21. The molecule has 0 aliphatic carbocycles. The molecule has 0 aromatic heterocycles. The van der Waals surface area contributed by atoms with Gasteiger partial charge in [0.05, 0.1) is 22.7 Å². The normalized spacial score (nSPS) is 12.4. The zero-order valence-corrected chi connectivity index (χ0v) is 22.2. The highest BCUT2D eigenvalue weighted by Crippen LogP contribution is 2.54. The van der Waals surface area contributed by atoms with Gasteiger partial charge in [0.15, 0.2) is 0 Å². The number of anilines is 6. The van der Waals surface area contributed by atoms with Gasteiger partial charge >= 0.3 is 0 Å². The second-order valence-corrected chi connectivity index (χ2v) is 10.2. The van der Waals surface area contributed by atoms with Crippen LogP contribution in [0.2, 0.25) is 0 Å². The highest BCUT2D eigenvalue weighted by atomic mass is 15.3. The highest BCUT2D eigenvalue weighted by molar-refractivity contribution is 6.01. The summed E-state index contributed by atoms with van der Waals surface area (Å²) >= 11 is 0. The van der Waals surface area contributed by atoms with Gasteiger partial charge in [0, 0.05) is 11.4 Å². The number of unbranched alkanes of at least 4 members (excludes halogenated alkanes) is 2. The molecular formula is C34H38N2. The van der Waals surface area contributed by atoms with Crippen molar-refractivity contribution in [2.75, 3.05) is 9.80 Å². The van der Waals surface area contributed by atoms with Crippen LogP contribution in [-0.2, 0) is 12.8 Å². The lowest BCUT2D eigenvalue weighted by molar-refractivity contribution is 0.795. The minimum absolute atomic E-state index is 1.14. The van der Waals surface area contributed by atoms with Gasteiger partial charge in [0.1, 0.15) is 0 Å². The maximum absolute atomic E-state index is 2.44. The molecule has 0 saturated heterocycles. The summed E-state index contributed by atoms with van der Waals surface area (Å²) in [6.45, 7) is 8.88. The Hall–Kier alpha value is -3.52. The van der Waals surface area contributed by atoms with Crippen LogP contribution in [-0.4, -0.2) is 0 Å². The fourth-order valence-electron chi connectivity index (χ4n) is 5.20. The molecule has 36 heavy (non-hydrogen) atoms. The van der Waals surface area contributed by atoms with Gasteiger partial charge in [-0.05, 0) is 110 Å². The Morgan fingerprint density at radius 3 is 1.25 bits per heavy atom. The Bertz CT molecular complexity index is 1270. The molecule has 0 unspecified atom stereocenters. The molecule has 184 valence electrons. The summed E-state index contributed by atoms with van der Waals surface area (Å²) in [5, 5.41) is 0. The van der Waals surface area contributed by atoms with Gasteiger partial charge in [-0.2, -0.15) is 0 Å². The molecule has 0 spiro atoms. The standard InChI is InChI=1S/C34H38N2/c1-5-7-9-27-13-17-29(18-14-27)35-31-21-11-25(3)23-33(31)36(34-24-26(4)12-22-32(34)35)30-19-15-28(16-20-30)10-8-6-2/h11-24H,5-10H2,1-4H3. The van der Waals surface area contributed by atoms with Crippen molar-refractivity contribution in [2.24, 2.45) is 0 Å². The molecule has 0 N–H and O–H groups in total. The third kappa shape index (κ3) is 4.78. The molecule has 0 saturated carbocycles. The fourth-order valence-corrected chi connectivity index (χ4v) is 5.20. The van der Waals surface area contributed by atoms with Crippen molar-refractivity contribution in [2.45, 2.75) is 66.2 Å². The predicted molar refractivity (Wildman–Crippen MR) is 156 cm³/mol. The van der Waals surface area contributed by atoms with Crippen molar-refractivity contribution in [3.05, 3.63) is 107 Å². The first kappa shape index (κ1) is 24.2. The van der Waals surface area contributed by atoms with E-state index in [1.54, 1.807) is 0 Å². The zero-order valence-electron chi connectivity index (χ0n) is 22.2.